The Kier molecular flexibility index (Phi) is 4.93. The molecule has 0 aliphatic rings. The Bertz CT molecular complexity index is 659. The van der Waals surface area contributed by atoms with Gasteiger partial charge in [-0.2, -0.15) is 4.98 Å². The highest BCUT2D eigenvalue weighted by molar-refractivity contribution is 5.90. The van der Waals surface area contributed by atoms with Gasteiger partial charge in [0.1, 0.15) is 11.9 Å². The minimum Gasteiger partial charge on any atom is -0.474 e. The number of nitrogens with one attached hydrogen (secondary N) is 1. The summed E-state index contributed by atoms with van der Waals surface area (Å²) in [5.74, 6) is 0.125. The summed E-state index contributed by atoms with van der Waals surface area (Å²) in [6.45, 7) is 3.27. The molecular formula is C16H18FN3O2. The van der Waals surface area contributed by atoms with E-state index in [1.165, 1.54) is 19.1 Å². The van der Waals surface area contributed by atoms with Gasteiger partial charge in [0.2, 0.25) is 11.8 Å². The van der Waals surface area contributed by atoms with E-state index in [-0.39, 0.29) is 23.6 Å². The van der Waals surface area contributed by atoms with Gasteiger partial charge in [0.25, 0.3) is 0 Å². The van der Waals surface area contributed by atoms with E-state index in [2.05, 4.69) is 10.3 Å². The number of carbonyl (C=O) groups is 1. The number of halogens is 1. The zero-order chi connectivity index (χ0) is 16.1. The first kappa shape index (κ1) is 15.8. The second-order valence-corrected chi connectivity index (χ2v) is 5.03. The van der Waals surface area contributed by atoms with Crippen LogP contribution in [0.1, 0.15) is 19.4 Å². The van der Waals surface area contributed by atoms with Crippen LogP contribution in [0.3, 0.4) is 0 Å². The number of pyridine rings is 1. The molecule has 1 unspecified atom stereocenters. The zero-order valence-electron chi connectivity index (χ0n) is 12.5. The van der Waals surface area contributed by atoms with Crippen molar-refractivity contribution in [3.05, 3.63) is 47.8 Å². The van der Waals surface area contributed by atoms with Crippen LogP contribution < -0.4 is 15.8 Å². The van der Waals surface area contributed by atoms with Gasteiger partial charge in [0, 0.05) is 19.4 Å². The van der Waals surface area contributed by atoms with Crippen LogP contribution in [0.4, 0.5) is 15.9 Å². The second-order valence-electron chi connectivity index (χ2n) is 5.03. The molecule has 6 heteroatoms. The molecule has 0 fully saturated rings. The summed E-state index contributed by atoms with van der Waals surface area (Å²) in [7, 11) is 0. The lowest BCUT2D eigenvalue weighted by Gasteiger charge is -2.15. The average Bonchev–Trinajstić information content (AvgIpc) is 2.44. The van der Waals surface area contributed by atoms with E-state index < -0.39 is 0 Å². The Labute approximate surface area is 128 Å². The zero-order valence-corrected chi connectivity index (χ0v) is 12.5. The van der Waals surface area contributed by atoms with Gasteiger partial charge in [-0.3, -0.25) is 4.79 Å². The summed E-state index contributed by atoms with van der Waals surface area (Å²) in [6, 6.07) is 9.53. The highest BCUT2D eigenvalue weighted by Gasteiger charge is 2.10. The number of hydrogen-bond donors (Lipinski definition) is 2. The largest absolute Gasteiger partial charge is 0.474 e. The maximum atomic E-state index is 12.9. The highest BCUT2D eigenvalue weighted by Crippen LogP contribution is 2.21. The molecule has 2 aromatic rings. The van der Waals surface area contributed by atoms with Crippen molar-refractivity contribution in [1.29, 1.82) is 0 Å². The Morgan fingerprint density at radius 2 is 2.00 bits per heavy atom. The van der Waals surface area contributed by atoms with Gasteiger partial charge in [-0.1, -0.05) is 12.1 Å². The van der Waals surface area contributed by atoms with Crippen LogP contribution in [-0.2, 0) is 11.2 Å². The van der Waals surface area contributed by atoms with E-state index >= 15 is 0 Å². The summed E-state index contributed by atoms with van der Waals surface area (Å²) in [5.41, 5.74) is 7.07. The topological polar surface area (TPSA) is 77.2 Å². The number of ether oxygens (including phenoxy) is 1. The first-order valence-corrected chi connectivity index (χ1v) is 6.89. The fourth-order valence-corrected chi connectivity index (χ4v) is 1.98. The molecule has 0 aliphatic carbocycles. The van der Waals surface area contributed by atoms with Crippen molar-refractivity contribution in [1.82, 2.24) is 4.98 Å². The lowest BCUT2D eigenvalue weighted by atomic mass is 10.1. The lowest BCUT2D eigenvalue weighted by Crippen LogP contribution is -2.17. The normalized spacial score (nSPS) is 11.8. The molecule has 22 heavy (non-hydrogen) atoms. The van der Waals surface area contributed by atoms with Gasteiger partial charge in [0.15, 0.2) is 5.82 Å². The van der Waals surface area contributed by atoms with Gasteiger partial charge in [-0.25, -0.2) is 4.39 Å². The Morgan fingerprint density at radius 1 is 1.32 bits per heavy atom. The van der Waals surface area contributed by atoms with E-state index in [0.29, 0.717) is 18.0 Å². The number of hydrogen-bond acceptors (Lipinski definition) is 4. The Balaban J connectivity index is 2.03. The molecule has 0 spiro atoms. The maximum Gasteiger partial charge on any atom is 0.222 e. The Hall–Kier alpha value is -2.63. The van der Waals surface area contributed by atoms with Gasteiger partial charge in [0.05, 0.1) is 5.69 Å². The summed E-state index contributed by atoms with van der Waals surface area (Å²) < 4.78 is 18.6. The second kappa shape index (κ2) is 6.89. The smallest absolute Gasteiger partial charge is 0.222 e. The van der Waals surface area contributed by atoms with E-state index in [9.17, 15) is 9.18 Å². The molecule has 0 aliphatic heterocycles. The third-order valence-corrected chi connectivity index (χ3v) is 2.95. The molecule has 2 rings (SSSR count). The quantitative estimate of drug-likeness (QED) is 0.890. The number of amides is 1. The van der Waals surface area contributed by atoms with Crippen molar-refractivity contribution in [2.75, 3.05) is 11.1 Å². The van der Waals surface area contributed by atoms with Crippen LogP contribution in [0.15, 0.2) is 36.4 Å². The fourth-order valence-electron chi connectivity index (χ4n) is 1.98. The molecule has 116 valence electrons. The van der Waals surface area contributed by atoms with Crippen LogP contribution in [0.2, 0.25) is 0 Å². The van der Waals surface area contributed by atoms with Crippen LogP contribution in [0, 0.1) is 5.82 Å². The van der Waals surface area contributed by atoms with Crippen molar-refractivity contribution in [2.24, 2.45) is 0 Å². The fraction of sp³-hybridized carbons (Fsp3) is 0.250. The van der Waals surface area contributed by atoms with Crippen molar-refractivity contribution < 1.29 is 13.9 Å². The van der Waals surface area contributed by atoms with Gasteiger partial charge >= 0.3 is 0 Å². The molecule has 1 heterocycles. The molecule has 1 amide bonds. The van der Waals surface area contributed by atoms with E-state index in [0.717, 1.165) is 5.56 Å². The molecule has 5 nitrogen and oxygen atoms in total. The molecule has 0 radical (unpaired) electrons. The summed E-state index contributed by atoms with van der Waals surface area (Å²) in [4.78, 5) is 15.3. The summed E-state index contributed by atoms with van der Waals surface area (Å²) >= 11 is 0. The average molecular weight is 303 g/mol. The molecule has 1 atom stereocenters. The van der Waals surface area contributed by atoms with E-state index in [1.807, 2.05) is 6.92 Å². The van der Waals surface area contributed by atoms with Crippen LogP contribution in [0.25, 0.3) is 0 Å². The molecule has 1 aromatic carbocycles. The number of anilines is 2. The van der Waals surface area contributed by atoms with Crippen LogP contribution in [0.5, 0.6) is 5.88 Å². The van der Waals surface area contributed by atoms with E-state index in [4.69, 9.17) is 10.5 Å². The number of nitrogens with two attached hydrogens (primary N) is 1. The van der Waals surface area contributed by atoms with Gasteiger partial charge < -0.3 is 15.8 Å². The molecule has 3 N–H and O–H groups in total. The molecular weight excluding hydrogens is 285 g/mol. The summed E-state index contributed by atoms with van der Waals surface area (Å²) in [6.07, 6.45) is 0.452. The van der Waals surface area contributed by atoms with Crippen molar-refractivity contribution in [2.45, 2.75) is 26.4 Å². The minimum atomic E-state index is -0.266. The predicted octanol–water partition coefficient (Wildman–Crippen LogP) is 2.77. The van der Waals surface area contributed by atoms with Gasteiger partial charge in [-0.15, -0.1) is 0 Å². The molecule has 0 saturated heterocycles. The number of aromatic nitrogens is 1. The molecule has 1 aromatic heterocycles. The highest BCUT2D eigenvalue weighted by atomic mass is 19.1. The van der Waals surface area contributed by atoms with Crippen molar-refractivity contribution >= 4 is 17.4 Å². The molecule has 0 saturated carbocycles. The first-order chi connectivity index (χ1) is 10.4. The number of benzene rings is 1. The minimum absolute atomic E-state index is 0.160. The Morgan fingerprint density at radius 3 is 2.64 bits per heavy atom. The van der Waals surface area contributed by atoms with Gasteiger partial charge in [-0.05, 0) is 30.7 Å². The number of rotatable bonds is 5. The summed E-state index contributed by atoms with van der Waals surface area (Å²) in [5, 5.41) is 2.55. The third kappa shape index (κ3) is 4.44. The van der Waals surface area contributed by atoms with Crippen molar-refractivity contribution in [3.8, 4) is 5.88 Å². The number of nitrogen functional groups attached to an aromatic ring is 1. The van der Waals surface area contributed by atoms with Crippen molar-refractivity contribution in [3.63, 3.8) is 0 Å². The standard InChI is InChI=1S/C16H18FN3O2/c1-10(9-12-3-5-13(17)6-4-12)22-15-8-7-14(18)16(20-15)19-11(2)21/h3-8,10H,9,18H2,1-2H3,(H,19,20,21). The lowest BCUT2D eigenvalue weighted by molar-refractivity contribution is -0.114. The van der Waals surface area contributed by atoms with Crippen LogP contribution in [-0.4, -0.2) is 17.0 Å². The first-order valence-electron chi connectivity index (χ1n) is 6.89. The SMILES string of the molecule is CC(=O)Nc1nc(OC(C)Cc2ccc(F)cc2)ccc1N. The van der Waals surface area contributed by atoms with Crippen LogP contribution >= 0.6 is 0 Å². The monoisotopic (exact) mass is 303 g/mol. The molecule has 0 bridgehead atoms. The third-order valence-electron chi connectivity index (χ3n) is 2.95. The number of carbonyl (C=O) groups excluding carboxylic acids is 1. The maximum absolute atomic E-state index is 12.9. The number of nitrogens with zero attached hydrogens (tertiary/aromatic N) is 1. The van der Waals surface area contributed by atoms with E-state index in [1.54, 1.807) is 24.3 Å². The predicted molar refractivity (Wildman–Crippen MR) is 83.1 cm³/mol.